The van der Waals surface area contributed by atoms with Gasteiger partial charge in [-0.25, -0.2) is 19.2 Å². The molecule has 4 rings (SSSR count). The van der Waals surface area contributed by atoms with Crippen LogP contribution in [-0.4, -0.2) is 48.9 Å². The molecule has 1 atom stereocenters. The van der Waals surface area contributed by atoms with E-state index in [4.69, 9.17) is 4.74 Å². The zero-order valence-corrected chi connectivity index (χ0v) is 15.1. The summed E-state index contributed by atoms with van der Waals surface area (Å²) in [5, 5.41) is 5.49. The monoisotopic (exact) mass is 411 g/mol. The van der Waals surface area contributed by atoms with E-state index in [0.717, 1.165) is 12.1 Å². The van der Waals surface area contributed by atoms with Gasteiger partial charge in [0.1, 0.15) is 18.3 Å². The van der Waals surface area contributed by atoms with Crippen LogP contribution in [0.1, 0.15) is 17.2 Å². The molecule has 29 heavy (non-hydrogen) atoms. The van der Waals surface area contributed by atoms with E-state index >= 15 is 0 Å². The van der Waals surface area contributed by atoms with Crippen LogP contribution in [0.4, 0.5) is 34.0 Å². The third-order valence-electron chi connectivity index (χ3n) is 4.78. The average molecular weight is 411 g/mol. The molecule has 7 nitrogen and oxygen atoms in total. The smallest absolute Gasteiger partial charge is 0.416 e. The number of aromatic nitrogens is 2. The van der Waals surface area contributed by atoms with Gasteiger partial charge in [0.05, 0.1) is 11.3 Å². The molecule has 1 amide bonds. The fourth-order valence-corrected chi connectivity index (χ4v) is 3.42. The van der Waals surface area contributed by atoms with Crippen LogP contribution in [0.5, 0.6) is 0 Å². The van der Waals surface area contributed by atoms with Crippen LogP contribution in [0.3, 0.4) is 0 Å². The maximum absolute atomic E-state index is 13.6. The maximum atomic E-state index is 13.6. The minimum Gasteiger partial charge on any atom is -0.438 e. The van der Waals surface area contributed by atoms with Gasteiger partial charge in [-0.2, -0.15) is 13.2 Å². The summed E-state index contributed by atoms with van der Waals surface area (Å²) in [6.07, 6.45) is -5.41. The van der Waals surface area contributed by atoms with E-state index in [0.29, 0.717) is 26.2 Å². The number of cyclic esters (lactones) is 1. The number of rotatable bonds is 3. The zero-order valence-electron chi connectivity index (χ0n) is 15.1. The van der Waals surface area contributed by atoms with Crippen LogP contribution in [0, 0.1) is 0 Å². The first-order valence-corrected chi connectivity index (χ1v) is 8.94. The molecule has 1 saturated heterocycles. The summed E-state index contributed by atoms with van der Waals surface area (Å²) in [4.78, 5) is 21.7. The molecule has 154 valence electrons. The first-order chi connectivity index (χ1) is 13.9. The number of alkyl halides is 4. The highest BCUT2D eigenvalue weighted by Gasteiger charge is 2.35. The van der Waals surface area contributed by atoms with Gasteiger partial charge < -0.3 is 15.0 Å². The molecule has 0 radical (unpaired) electrons. The summed E-state index contributed by atoms with van der Waals surface area (Å²) in [6.45, 7) is 1.23. The Kier molecular flexibility index (Phi) is 4.99. The number of ether oxygens (including phenoxy) is 1. The number of pyridine rings is 2. The summed E-state index contributed by atoms with van der Waals surface area (Å²) in [6, 6.07) is 3.35. The van der Waals surface area contributed by atoms with Crippen molar-refractivity contribution in [3.63, 3.8) is 0 Å². The zero-order chi connectivity index (χ0) is 20.6. The third kappa shape index (κ3) is 3.82. The third-order valence-corrected chi connectivity index (χ3v) is 4.78. The second-order valence-corrected chi connectivity index (χ2v) is 6.63. The molecule has 2 N–H and O–H groups in total. The first kappa shape index (κ1) is 19.4. The quantitative estimate of drug-likeness (QED) is 0.756. The highest BCUT2D eigenvalue weighted by atomic mass is 19.4. The van der Waals surface area contributed by atoms with E-state index in [1.165, 1.54) is 12.3 Å². The van der Waals surface area contributed by atoms with Gasteiger partial charge in [-0.1, -0.05) is 0 Å². The fraction of sp³-hybridized carbons (Fsp3) is 0.389. The fourth-order valence-electron chi connectivity index (χ4n) is 3.42. The van der Waals surface area contributed by atoms with Gasteiger partial charge in [0.15, 0.2) is 6.10 Å². The SMILES string of the molecule is O=C1Nc2nccc(-c3cc(C(F)(F)F)cc(N4CCNCC4)n3)c2C(CF)O1. The Morgan fingerprint density at radius 3 is 2.69 bits per heavy atom. The molecular weight excluding hydrogens is 394 g/mol. The predicted molar refractivity (Wildman–Crippen MR) is 96.4 cm³/mol. The largest absolute Gasteiger partial charge is 0.438 e. The standard InChI is InChI=1S/C18H17F4N5O2/c19-9-13-15-11(1-2-24-16(15)26-17(28)29-13)12-7-10(18(20,21)22)8-14(25-12)27-5-3-23-4-6-27/h1-2,7-8,13,23H,3-6,9H2,(H,24,26,28). The number of amides is 1. The average Bonchev–Trinajstić information content (AvgIpc) is 2.72. The van der Waals surface area contributed by atoms with Crippen LogP contribution in [0.25, 0.3) is 11.3 Å². The lowest BCUT2D eigenvalue weighted by Crippen LogP contribution is -2.44. The first-order valence-electron chi connectivity index (χ1n) is 8.94. The van der Waals surface area contributed by atoms with Crippen molar-refractivity contribution >= 4 is 17.7 Å². The van der Waals surface area contributed by atoms with Gasteiger partial charge in [0.25, 0.3) is 0 Å². The Hall–Kier alpha value is -2.95. The van der Waals surface area contributed by atoms with E-state index in [1.54, 1.807) is 4.90 Å². The minimum atomic E-state index is -4.59. The molecule has 4 heterocycles. The molecule has 2 aromatic heterocycles. The predicted octanol–water partition coefficient (Wildman–Crippen LogP) is 3.14. The molecule has 0 saturated carbocycles. The Morgan fingerprint density at radius 2 is 2.00 bits per heavy atom. The summed E-state index contributed by atoms with van der Waals surface area (Å²) >= 11 is 0. The summed E-state index contributed by atoms with van der Waals surface area (Å²) < 4.78 is 59.1. The Bertz CT molecular complexity index is 931. The number of anilines is 2. The topological polar surface area (TPSA) is 79.4 Å². The van der Waals surface area contributed by atoms with E-state index < -0.39 is 30.6 Å². The van der Waals surface area contributed by atoms with Gasteiger partial charge in [0.2, 0.25) is 0 Å². The molecule has 0 aromatic carbocycles. The van der Waals surface area contributed by atoms with Crippen molar-refractivity contribution in [2.45, 2.75) is 12.3 Å². The number of hydrogen-bond donors (Lipinski definition) is 2. The lowest BCUT2D eigenvalue weighted by Gasteiger charge is -2.30. The molecule has 2 aromatic rings. The molecule has 2 aliphatic rings. The Labute approximate surface area is 163 Å². The lowest BCUT2D eigenvalue weighted by molar-refractivity contribution is -0.137. The van der Waals surface area contributed by atoms with Gasteiger partial charge >= 0.3 is 12.3 Å². The number of fused-ring (bicyclic) bond motifs is 1. The van der Waals surface area contributed by atoms with Crippen molar-refractivity contribution < 1.29 is 27.1 Å². The van der Waals surface area contributed by atoms with Gasteiger partial charge in [-0.15, -0.1) is 0 Å². The van der Waals surface area contributed by atoms with E-state index in [2.05, 4.69) is 20.6 Å². The van der Waals surface area contributed by atoms with Crippen molar-refractivity contribution in [1.29, 1.82) is 0 Å². The number of halogens is 4. The summed E-state index contributed by atoms with van der Waals surface area (Å²) in [7, 11) is 0. The number of piperazine rings is 1. The van der Waals surface area contributed by atoms with E-state index in [1.807, 2.05) is 0 Å². The molecule has 0 spiro atoms. The van der Waals surface area contributed by atoms with Crippen molar-refractivity contribution in [2.75, 3.05) is 43.1 Å². The van der Waals surface area contributed by atoms with Crippen LogP contribution in [-0.2, 0) is 10.9 Å². The van der Waals surface area contributed by atoms with Crippen LogP contribution in [0.2, 0.25) is 0 Å². The second kappa shape index (κ2) is 7.47. The molecule has 0 bridgehead atoms. The number of carbonyl (C=O) groups excluding carboxylic acids is 1. The van der Waals surface area contributed by atoms with Crippen LogP contribution >= 0.6 is 0 Å². The Balaban J connectivity index is 1.87. The van der Waals surface area contributed by atoms with Crippen LogP contribution in [0.15, 0.2) is 24.4 Å². The Morgan fingerprint density at radius 1 is 1.24 bits per heavy atom. The van der Waals surface area contributed by atoms with Crippen molar-refractivity contribution in [2.24, 2.45) is 0 Å². The highest BCUT2D eigenvalue weighted by molar-refractivity contribution is 5.89. The van der Waals surface area contributed by atoms with Gasteiger partial charge in [-0.05, 0) is 18.2 Å². The minimum absolute atomic E-state index is 0.00482. The van der Waals surface area contributed by atoms with Crippen molar-refractivity contribution in [1.82, 2.24) is 15.3 Å². The van der Waals surface area contributed by atoms with Crippen LogP contribution < -0.4 is 15.5 Å². The van der Waals surface area contributed by atoms with Crippen molar-refractivity contribution in [3.8, 4) is 11.3 Å². The number of nitrogens with one attached hydrogen (secondary N) is 2. The highest BCUT2D eigenvalue weighted by Crippen LogP contribution is 2.40. The molecule has 0 aliphatic carbocycles. The van der Waals surface area contributed by atoms with Gasteiger partial charge in [0, 0.05) is 43.5 Å². The van der Waals surface area contributed by atoms with E-state index in [-0.39, 0.29) is 28.5 Å². The molecule has 1 unspecified atom stereocenters. The number of carbonyl (C=O) groups is 1. The second-order valence-electron chi connectivity index (χ2n) is 6.63. The summed E-state index contributed by atoms with van der Waals surface area (Å²) in [5.41, 5.74) is -0.475. The van der Waals surface area contributed by atoms with Gasteiger partial charge in [-0.3, -0.25) is 5.32 Å². The molecule has 2 aliphatic heterocycles. The number of nitrogens with zero attached hydrogens (tertiary/aromatic N) is 3. The maximum Gasteiger partial charge on any atom is 0.416 e. The molecule has 1 fully saturated rings. The van der Waals surface area contributed by atoms with E-state index in [9.17, 15) is 22.4 Å². The van der Waals surface area contributed by atoms with Crippen molar-refractivity contribution in [3.05, 3.63) is 35.5 Å². The normalized spacial score (nSPS) is 19.4. The number of hydrogen-bond acceptors (Lipinski definition) is 6. The summed E-state index contributed by atoms with van der Waals surface area (Å²) in [5.74, 6) is 0.226. The molecule has 11 heteroatoms. The molecular formula is C18H17F4N5O2. The lowest BCUT2D eigenvalue weighted by atomic mass is 9.99.